The summed E-state index contributed by atoms with van der Waals surface area (Å²) in [4.78, 5) is 30.3. The molecular weight excluding hydrogens is 370 g/mol. The minimum Gasteiger partial charge on any atom is -0.451 e. The molecule has 1 aliphatic rings. The van der Waals surface area contributed by atoms with Crippen LogP contribution < -0.4 is 4.72 Å². The van der Waals surface area contributed by atoms with E-state index in [1.165, 1.54) is 13.0 Å². The van der Waals surface area contributed by atoms with Gasteiger partial charge in [0.25, 0.3) is 15.9 Å². The number of amidine groups is 1. The molecule has 27 heavy (non-hydrogen) atoms. The number of nitrogens with zero attached hydrogens (tertiary/aromatic N) is 2. The van der Waals surface area contributed by atoms with Crippen LogP contribution in [0.2, 0.25) is 0 Å². The van der Waals surface area contributed by atoms with Gasteiger partial charge in [0, 0.05) is 17.6 Å². The van der Waals surface area contributed by atoms with Crippen LogP contribution >= 0.6 is 0 Å². The summed E-state index contributed by atoms with van der Waals surface area (Å²) in [5.41, 5.74) is 0.403. The summed E-state index contributed by atoms with van der Waals surface area (Å²) in [5, 5.41) is 0. The number of nitrogens with one attached hydrogen (secondary N) is 1. The molecule has 1 amide bonds. The van der Waals surface area contributed by atoms with Crippen molar-refractivity contribution in [3.05, 3.63) is 29.8 Å². The molecule has 9 heteroatoms. The van der Waals surface area contributed by atoms with Crippen LogP contribution in [0.1, 0.15) is 40.2 Å². The number of esters is 1. The van der Waals surface area contributed by atoms with Gasteiger partial charge >= 0.3 is 5.97 Å². The summed E-state index contributed by atoms with van der Waals surface area (Å²) in [5.74, 6) is -0.903. The van der Waals surface area contributed by atoms with Crippen molar-refractivity contribution in [2.24, 2.45) is 4.99 Å². The Morgan fingerprint density at radius 1 is 1.11 bits per heavy atom. The first-order chi connectivity index (χ1) is 12.5. The molecule has 8 nitrogen and oxygen atoms in total. The van der Waals surface area contributed by atoms with E-state index in [2.05, 4.69) is 9.71 Å². The molecule has 0 radical (unpaired) electrons. The van der Waals surface area contributed by atoms with Crippen molar-refractivity contribution >= 4 is 27.7 Å². The summed E-state index contributed by atoms with van der Waals surface area (Å²) >= 11 is 0. The molecule has 1 N–H and O–H groups in total. The molecular formula is C18H25N3O5S. The number of benzene rings is 1. The Kier molecular flexibility index (Phi) is 6.25. The van der Waals surface area contributed by atoms with Gasteiger partial charge in [0.2, 0.25) is 0 Å². The lowest BCUT2D eigenvalue weighted by atomic mass is 10.2. The fourth-order valence-corrected chi connectivity index (χ4v) is 4.25. The first-order valence-corrected chi connectivity index (χ1v) is 10.2. The van der Waals surface area contributed by atoms with Gasteiger partial charge in [0.1, 0.15) is 12.4 Å². The predicted octanol–water partition coefficient (Wildman–Crippen LogP) is 1.30. The monoisotopic (exact) mass is 395 g/mol. The summed E-state index contributed by atoms with van der Waals surface area (Å²) in [6.45, 7) is 8.68. The average Bonchev–Trinajstić information content (AvgIpc) is 2.83. The van der Waals surface area contributed by atoms with E-state index in [4.69, 9.17) is 4.74 Å². The molecule has 2 rings (SSSR count). The van der Waals surface area contributed by atoms with Gasteiger partial charge in [-0.15, -0.1) is 0 Å². The molecule has 1 aliphatic heterocycles. The van der Waals surface area contributed by atoms with Gasteiger partial charge in [-0.2, -0.15) is 0 Å². The smallest absolute Gasteiger partial charge is 0.328 e. The van der Waals surface area contributed by atoms with Gasteiger partial charge in [-0.3, -0.25) is 19.3 Å². The highest BCUT2D eigenvalue weighted by molar-refractivity contribution is 7.90. The van der Waals surface area contributed by atoms with Crippen molar-refractivity contribution < 1.29 is 22.7 Å². The molecule has 1 atom stereocenters. The van der Waals surface area contributed by atoms with E-state index >= 15 is 0 Å². The Morgan fingerprint density at radius 3 is 2.30 bits per heavy atom. The third-order valence-electron chi connectivity index (χ3n) is 4.05. The Bertz CT molecular complexity index is 854. The van der Waals surface area contributed by atoms with Gasteiger partial charge in [-0.05, 0) is 46.8 Å². The highest BCUT2D eigenvalue weighted by Crippen LogP contribution is 2.22. The number of rotatable bonds is 6. The van der Waals surface area contributed by atoms with Gasteiger partial charge in [0.05, 0.1) is 4.90 Å². The van der Waals surface area contributed by atoms with Crippen LogP contribution in [-0.2, 0) is 24.3 Å². The molecule has 0 aliphatic carbocycles. The second-order valence-corrected chi connectivity index (χ2v) is 8.48. The maximum absolute atomic E-state index is 12.5. The SMILES string of the molecule is CC(C)N(C(=O)[C@@H](C)OC(=O)CN=C1NS(=O)(=O)c2ccccc21)C(C)C. The molecule has 148 valence electrons. The number of aliphatic imine (C=N–C) groups is 1. The van der Waals surface area contributed by atoms with E-state index < -0.39 is 28.6 Å². The van der Waals surface area contributed by atoms with Crippen molar-refractivity contribution in [1.82, 2.24) is 9.62 Å². The number of hydrogen-bond acceptors (Lipinski definition) is 6. The van der Waals surface area contributed by atoms with E-state index in [1.807, 2.05) is 27.7 Å². The van der Waals surface area contributed by atoms with Crippen molar-refractivity contribution in [3.8, 4) is 0 Å². The fraction of sp³-hybridized carbons (Fsp3) is 0.500. The Morgan fingerprint density at radius 2 is 1.70 bits per heavy atom. The molecule has 0 unspecified atom stereocenters. The molecule has 1 aromatic rings. The van der Waals surface area contributed by atoms with E-state index in [-0.39, 0.29) is 28.7 Å². The van der Waals surface area contributed by atoms with Gasteiger partial charge in [-0.1, -0.05) is 12.1 Å². The minimum absolute atomic E-state index is 0.0247. The van der Waals surface area contributed by atoms with Crippen LogP contribution in [0.5, 0.6) is 0 Å². The summed E-state index contributed by atoms with van der Waals surface area (Å²) in [6.07, 6.45) is -0.949. The van der Waals surface area contributed by atoms with Crippen molar-refractivity contribution in [2.75, 3.05) is 6.54 Å². The zero-order valence-electron chi connectivity index (χ0n) is 16.1. The van der Waals surface area contributed by atoms with E-state index in [1.54, 1.807) is 23.1 Å². The van der Waals surface area contributed by atoms with Crippen LogP contribution in [0.3, 0.4) is 0 Å². The second-order valence-electron chi connectivity index (χ2n) is 6.83. The Labute approximate surface area is 159 Å². The Balaban J connectivity index is 2.05. The third kappa shape index (κ3) is 4.65. The normalized spacial score (nSPS) is 17.5. The standard InChI is InChI=1S/C18H25N3O5S/c1-11(2)21(12(3)4)18(23)13(5)26-16(22)10-19-17-14-8-6-7-9-15(14)27(24,25)20-17/h6-9,11-13H,10H2,1-5H3,(H,19,20)/t13-/m1/s1. The highest BCUT2D eigenvalue weighted by atomic mass is 32.2. The van der Waals surface area contributed by atoms with E-state index in [9.17, 15) is 18.0 Å². The quantitative estimate of drug-likeness (QED) is 0.731. The number of hydrogen-bond donors (Lipinski definition) is 1. The fourth-order valence-electron chi connectivity index (χ4n) is 2.99. The number of sulfonamides is 1. The maximum Gasteiger partial charge on any atom is 0.328 e. The zero-order chi connectivity index (χ0) is 20.4. The molecule has 0 bridgehead atoms. The number of carbonyl (C=O) groups is 2. The van der Waals surface area contributed by atoms with Crippen LogP contribution in [-0.4, -0.2) is 55.8 Å². The molecule has 0 saturated heterocycles. The van der Waals surface area contributed by atoms with E-state index in [0.29, 0.717) is 5.56 Å². The van der Waals surface area contributed by atoms with E-state index in [0.717, 1.165) is 0 Å². The van der Waals surface area contributed by atoms with Crippen molar-refractivity contribution in [2.45, 2.75) is 57.7 Å². The van der Waals surface area contributed by atoms with Crippen LogP contribution in [0.25, 0.3) is 0 Å². The topological polar surface area (TPSA) is 105 Å². The highest BCUT2D eigenvalue weighted by Gasteiger charge is 2.31. The maximum atomic E-state index is 12.5. The van der Waals surface area contributed by atoms with Crippen LogP contribution in [0.15, 0.2) is 34.2 Å². The number of fused-ring (bicyclic) bond motifs is 1. The first-order valence-electron chi connectivity index (χ1n) is 8.73. The van der Waals surface area contributed by atoms with Gasteiger partial charge < -0.3 is 9.64 Å². The number of carbonyl (C=O) groups excluding carboxylic acids is 2. The largest absolute Gasteiger partial charge is 0.451 e. The van der Waals surface area contributed by atoms with Crippen LogP contribution in [0.4, 0.5) is 0 Å². The predicted molar refractivity (Wildman–Crippen MR) is 101 cm³/mol. The van der Waals surface area contributed by atoms with Crippen molar-refractivity contribution in [3.63, 3.8) is 0 Å². The minimum atomic E-state index is -3.66. The lowest BCUT2D eigenvalue weighted by Gasteiger charge is -2.32. The molecule has 0 aromatic heterocycles. The summed E-state index contributed by atoms with van der Waals surface area (Å²) in [7, 11) is -3.66. The molecule has 1 aromatic carbocycles. The number of amides is 1. The average molecular weight is 395 g/mol. The third-order valence-corrected chi connectivity index (χ3v) is 5.45. The van der Waals surface area contributed by atoms with Crippen molar-refractivity contribution in [1.29, 1.82) is 0 Å². The summed E-state index contributed by atoms with van der Waals surface area (Å²) in [6, 6.07) is 6.31. The lowest BCUT2D eigenvalue weighted by Crippen LogP contribution is -2.47. The van der Waals surface area contributed by atoms with Gasteiger partial charge in [-0.25, -0.2) is 8.42 Å². The molecule has 0 saturated carbocycles. The molecule has 0 spiro atoms. The first kappa shape index (κ1) is 20.9. The number of ether oxygens (including phenoxy) is 1. The lowest BCUT2D eigenvalue weighted by molar-refractivity contribution is -0.159. The van der Waals surface area contributed by atoms with Gasteiger partial charge in [0.15, 0.2) is 6.10 Å². The molecule has 0 fully saturated rings. The van der Waals surface area contributed by atoms with Crippen LogP contribution in [0, 0.1) is 0 Å². The Hall–Kier alpha value is -2.42. The summed E-state index contributed by atoms with van der Waals surface area (Å²) < 4.78 is 31.5. The zero-order valence-corrected chi connectivity index (χ0v) is 16.9. The molecule has 1 heterocycles. The second kappa shape index (κ2) is 8.08.